The molecule has 0 radical (unpaired) electrons. The molecule has 0 amide bonds. The minimum atomic E-state index is -3.53. The van der Waals surface area contributed by atoms with E-state index >= 15 is 0 Å². The van der Waals surface area contributed by atoms with E-state index in [0.717, 1.165) is 24.3 Å². The molecule has 0 unspecified atom stereocenters. The molecule has 0 aliphatic carbocycles. The van der Waals surface area contributed by atoms with Gasteiger partial charge in [0.15, 0.2) is 0 Å². The normalized spacial score (nSPS) is 12.1. The number of fused-ring (bicyclic) bond motifs is 1. The van der Waals surface area contributed by atoms with E-state index < -0.39 is 10.0 Å². The summed E-state index contributed by atoms with van der Waals surface area (Å²) in [5.41, 5.74) is 1.84. The van der Waals surface area contributed by atoms with Gasteiger partial charge in [-0.05, 0) is 42.8 Å². The summed E-state index contributed by atoms with van der Waals surface area (Å²) < 4.78 is 42.8. The average Bonchev–Trinajstić information content (AvgIpc) is 2.98. The number of sulfonamides is 1. The van der Waals surface area contributed by atoms with Crippen LogP contribution in [0.5, 0.6) is 0 Å². The van der Waals surface area contributed by atoms with Crippen LogP contribution < -0.4 is 5.32 Å². The molecule has 1 aromatic heterocycles. The highest BCUT2D eigenvalue weighted by atomic mass is 79.9. The maximum atomic E-state index is 14.1. The van der Waals surface area contributed by atoms with Crippen molar-refractivity contribution in [2.24, 2.45) is 0 Å². The van der Waals surface area contributed by atoms with E-state index in [1.54, 1.807) is 30.3 Å². The van der Waals surface area contributed by atoms with Crippen LogP contribution in [0.1, 0.15) is 19.2 Å². The molecule has 9 heteroatoms. The van der Waals surface area contributed by atoms with Crippen LogP contribution in [0.2, 0.25) is 0 Å². The Kier molecular flexibility index (Phi) is 6.07. The largest absolute Gasteiger partial charge is 0.375 e. The van der Waals surface area contributed by atoms with Crippen molar-refractivity contribution in [1.82, 2.24) is 13.9 Å². The van der Waals surface area contributed by atoms with E-state index in [1.165, 1.54) is 24.5 Å². The molecule has 3 rings (SSSR count). The second-order valence-electron chi connectivity index (χ2n) is 6.60. The van der Waals surface area contributed by atoms with Crippen LogP contribution in [0.15, 0.2) is 45.8 Å². The van der Waals surface area contributed by atoms with Gasteiger partial charge in [0, 0.05) is 25.1 Å². The van der Waals surface area contributed by atoms with Gasteiger partial charge >= 0.3 is 0 Å². The van der Waals surface area contributed by atoms with Crippen LogP contribution in [-0.4, -0.2) is 36.4 Å². The maximum Gasteiger partial charge on any atom is 0.242 e. The summed E-state index contributed by atoms with van der Waals surface area (Å²) >= 11 is 3.24. The van der Waals surface area contributed by atoms with Gasteiger partial charge in [-0.3, -0.25) is 0 Å². The van der Waals surface area contributed by atoms with Crippen LogP contribution in [-0.2, 0) is 23.1 Å². The predicted octanol–water partition coefficient (Wildman–Crippen LogP) is 4.21. The van der Waals surface area contributed by atoms with E-state index in [9.17, 15) is 12.8 Å². The molecule has 6 nitrogen and oxygen atoms in total. The first-order valence-corrected chi connectivity index (χ1v) is 11.1. The van der Waals surface area contributed by atoms with Crippen LogP contribution >= 0.6 is 15.9 Å². The van der Waals surface area contributed by atoms with Crippen molar-refractivity contribution >= 4 is 42.7 Å². The molecule has 0 bridgehead atoms. The minimum absolute atomic E-state index is 0.199. The summed E-state index contributed by atoms with van der Waals surface area (Å²) in [6.07, 6.45) is 0.892. The summed E-state index contributed by atoms with van der Waals surface area (Å²) in [6, 6.07) is 9.78. The van der Waals surface area contributed by atoms with Crippen molar-refractivity contribution in [3.8, 4) is 0 Å². The van der Waals surface area contributed by atoms with Crippen molar-refractivity contribution < 1.29 is 12.8 Å². The number of hydrogen-bond donors (Lipinski definition) is 1. The summed E-state index contributed by atoms with van der Waals surface area (Å²) in [7, 11) is -0.540. The lowest BCUT2D eigenvalue weighted by Gasteiger charge is -2.12. The Bertz CT molecular complexity index is 1110. The van der Waals surface area contributed by atoms with Gasteiger partial charge in [0.25, 0.3) is 0 Å². The smallest absolute Gasteiger partial charge is 0.242 e. The quantitative estimate of drug-likeness (QED) is 0.563. The highest BCUT2D eigenvalue weighted by Crippen LogP contribution is 2.24. The van der Waals surface area contributed by atoms with Crippen molar-refractivity contribution in [3.63, 3.8) is 0 Å². The molecule has 0 aliphatic heterocycles. The molecule has 0 spiro atoms. The lowest BCUT2D eigenvalue weighted by Crippen LogP contribution is -2.22. The molecule has 0 saturated heterocycles. The number of aromatic nitrogens is 2. The third-order valence-corrected chi connectivity index (χ3v) is 6.70. The molecule has 150 valence electrons. The first-order valence-electron chi connectivity index (χ1n) is 8.84. The maximum absolute atomic E-state index is 14.1. The Balaban J connectivity index is 1.98. The van der Waals surface area contributed by atoms with Crippen LogP contribution in [0.4, 0.5) is 10.1 Å². The molecule has 2 aromatic carbocycles. The SMILES string of the molecule is CCCn1c(CNc2ccc(Br)cc2F)nc2cc(S(=O)(=O)N(C)C)ccc21. The highest BCUT2D eigenvalue weighted by Gasteiger charge is 2.19. The van der Waals surface area contributed by atoms with Gasteiger partial charge in [0.05, 0.1) is 28.2 Å². The van der Waals surface area contributed by atoms with E-state index in [-0.39, 0.29) is 10.7 Å². The topological polar surface area (TPSA) is 67.2 Å². The number of nitrogens with one attached hydrogen (secondary N) is 1. The Morgan fingerprint density at radius 2 is 1.96 bits per heavy atom. The lowest BCUT2D eigenvalue weighted by molar-refractivity contribution is 0.521. The summed E-state index contributed by atoms with van der Waals surface area (Å²) in [5.74, 6) is 0.366. The van der Waals surface area contributed by atoms with Crippen LogP contribution in [0, 0.1) is 5.82 Å². The third-order valence-electron chi connectivity index (χ3n) is 4.39. The molecule has 0 aliphatic rings. The number of nitrogens with zero attached hydrogens (tertiary/aromatic N) is 3. The average molecular weight is 469 g/mol. The monoisotopic (exact) mass is 468 g/mol. The lowest BCUT2D eigenvalue weighted by atomic mass is 10.3. The number of anilines is 1. The number of aryl methyl sites for hydroxylation is 1. The molecule has 3 aromatic rings. The van der Waals surface area contributed by atoms with Gasteiger partial charge in [-0.15, -0.1) is 0 Å². The molecule has 1 N–H and O–H groups in total. The summed E-state index contributed by atoms with van der Waals surface area (Å²) in [6.45, 7) is 3.11. The standard InChI is InChI=1S/C19H22BrFN4O2S/c1-4-9-25-18-8-6-14(28(26,27)24(2)3)11-17(18)23-19(25)12-22-16-7-5-13(20)10-15(16)21/h5-8,10-11,22H,4,9,12H2,1-3H3. The fraction of sp³-hybridized carbons (Fsp3) is 0.316. The van der Waals surface area contributed by atoms with Gasteiger partial charge in [-0.2, -0.15) is 0 Å². The van der Waals surface area contributed by atoms with Crippen molar-refractivity contribution in [2.75, 3.05) is 19.4 Å². The van der Waals surface area contributed by atoms with E-state index in [2.05, 4.69) is 33.2 Å². The number of hydrogen-bond acceptors (Lipinski definition) is 4. The summed E-state index contributed by atoms with van der Waals surface area (Å²) in [4.78, 5) is 4.81. The molecule has 28 heavy (non-hydrogen) atoms. The second kappa shape index (κ2) is 8.18. The van der Waals surface area contributed by atoms with Crippen molar-refractivity contribution in [2.45, 2.75) is 31.3 Å². The van der Waals surface area contributed by atoms with Gasteiger partial charge in [-0.1, -0.05) is 22.9 Å². The molecular weight excluding hydrogens is 447 g/mol. The van der Waals surface area contributed by atoms with Gasteiger partial charge < -0.3 is 9.88 Å². The zero-order valence-corrected chi connectivity index (χ0v) is 18.3. The predicted molar refractivity (Wildman–Crippen MR) is 112 cm³/mol. The second-order valence-corrected chi connectivity index (χ2v) is 9.66. The number of benzene rings is 2. The highest BCUT2D eigenvalue weighted by molar-refractivity contribution is 9.10. The van der Waals surface area contributed by atoms with Crippen molar-refractivity contribution in [1.29, 1.82) is 0 Å². The number of halogens is 2. The first kappa shape index (κ1) is 20.8. The number of rotatable bonds is 7. The van der Waals surface area contributed by atoms with E-state index in [0.29, 0.717) is 22.2 Å². The number of imidazole rings is 1. The Labute approximate surface area is 172 Å². The summed E-state index contributed by atoms with van der Waals surface area (Å²) in [5, 5.41) is 3.07. The van der Waals surface area contributed by atoms with Gasteiger partial charge in [-0.25, -0.2) is 22.1 Å². The zero-order valence-electron chi connectivity index (χ0n) is 15.9. The van der Waals surface area contributed by atoms with Gasteiger partial charge in [0.1, 0.15) is 11.6 Å². The molecule has 0 atom stereocenters. The minimum Gasteiger partial charge on any atom is -0.375 e. The van der Waals surface area contributed by atoms with Gasteiger partial charge in [0.2, 0.25) is 10.0 Å². The van der Waals surface area contributed by atoms with Crippen LogP contribution in [0.3, 0.4) is 0 Å². The zero-order chi connectivity index (χ0) is 20.5. The van der Waals surface area contributed by atoms with Crippen molar-refractivity contribution in [3.05, 3.63) is 52.5 Å². The molecule has 1 heterocycles. The van der Waals surface area contributed by atoms with Crippen LogP contribution in [0.25, 0.3) is 11.0 Å². The fourth-order valence-corrected chi connectivity index (χ4v) is 4.20. The van der Waals surface area contributed by atoms with E-state index in [4.69, 9.17) is 0 Å². The Hall–Kier alpha value is -1.97. The Morgan fingerprint density at radius 1 is 1.21 bits per heavy atom. The fourth-order valence-electron chi connectivity index (χ4n) is 2.95. The Morgan fingerprint density at radius 3 is 2.61 bits per heavy atom. The first-order chi connectivity index (χ1) is 13.2. The molecule has 0 saturated carbocycles. The molecular formula is C19H22BrFN4O2S. The molecule has 0 fully saturated rings. The third kappa shape index (κ3) is 4.06. The van der Waals surface area contributed by atoms with E-state index in [1.807, 2.05) is 4.57 Å².